The van der Waals surface area contributed by atoms with Gasteiger partial charge in [0.1, 0.15) is 22.9 Å². The first-order valence-corrected chi connectivity index (χ1v) is 15.7. The lowest BCUT2D eigenvalue weighted by Crippen LogP contribution is -3.61. The third-order valence-electron chi connectivity index (χ3n) is 8.65. The van der Waals surface area contributed by atoms with Gasteiger partial charge in [0.15, 0.2) is 25.2 Å². The zero-order valence-electron chi connectivity index (χ0n) is 22.2. The monoisotopic (exact) mass is 643 g/mol. The summed E-state index contributed by atoms with van der Waals surface area (Å²) in [6.07, 6.45) is 6.15. The molecule has 0 N–H and O–H groups in total. The van der Waals surface area contributed by atoms with E-state index in [9.17, 15) is 9.18 Å². The Morgan fingerprint density at radius 2 is 1.46 bits per heavy atom. The van der Waals surface area contributed by atoms with E-state index in [1.807, 2.05) is 30.3 Å². The SMILES string of the molecule is COc1ccc([I+]c2ccc(F)cc2)cc1Oc1ccc(OCC(=O)OC2(C)C3CC4CC(C3)CC2C4)cc1. The van der Waals surface area contributed by atoms with Crippen LogP contribution in [0.3, 0.4) is 0 Å². The van der Waals surface area contributed by atoms with Crippen LogP contribution in [0.15, 0.2) is 66.7 Å². The first-order chi connectivity index (χ1) is 18.9. The highest BCUT2D eigenvalue weighted by atomic mass is 127. The van der Waals surface area contributed by atoms with Gasteiger partial charge in [-0.3, -0.25) is 0 Å². The molecule has 0 amide bonds. The first kappa shape index (κ1) is 26.4. The molecule has 7 rings (SSSR count). The molecule has 5 nitrogen and oxygen atoms in total. The van der Waals surface area contributed by atoms with E-state index in [1.54, 1.807) is 31.4 Å². The van der Waals surface area contributed by atoms with Crippen molar-refractivity contribution in [2.75, 3.05) is 13.7 Å². The Balaban J connectivity index is 1.05. The molecule has 0 aliphatic heterocycles. The zero-order chi connectivity index (χ0) is 27.0. The third kappa shape index (κ3) is 5.74. The van der Waals surface area contributed by atoms with Crippen LogP contribution in [0.4, 0.5) is 4.39 Å². The first-order valence-electron chi connectivity index (χ1n) is 13.6. The molecule has 3 aromatic rings. The smallest absolute Gasteiger partial charge is 0.358 e. The summed E-state index contributed by atoms with van der Waals surface area (Å²) < 4.78 is 39.0. The topological polar surface area (TPSA) is 54.0 Å². The second-order valence-electron chi connectivity index (χ2n) is 11.2. The minimum atomic E-state index is -0.493. The van der Waals surface area contributed by atoms with Gasteiger partial charge in [0.25, 0.3) is 0 Å². The highest BCUT2D eigenvalue weighted by Gasteiger charge is 2.57. The standard InChI is InChI=1S/C32H33FIO5/c1-32(22-14-20-13-21(16-22)17-23(32)15-20)39-31(35)19-37-27-8-10-28(11-9-27)38-30-18-26(7-12-29(30)36-2)34-25-5-3-24(33)4-6-25/h3-12,18,20-23H,13-17,19H2,1-2H3/q+1. The number of benzene rings is 3. The molecule has 7 heteroatoms. The number of methoxy groups -OCH3 is 1. The van der Waals surface area contributed by atoms with E-state index in [4.69, 9.17) is 18.9 Å². The number of carbonyl (C=O) groups is 1. The number of rotatable bonds is 9. The molecular weight excluding hydrogens is 610 g/mol. The van der Waals surface area contributed by atoms with Gasteiger partial charge >= 0.3 is 27.2 Å². The van der Waals surface area contributed by atoms with Crippen LogP contribution in [-0.4, -0.2) is 25.3 Å². The number of hydrogen-bond acceptors (Lipinski definition) is 5. The molecule has 4 aliphatic carbocycles. The fourth-order valence-electron chi connectivity index (χ4n) is 6.84. The van der Waals surface area contributed by atoms with Crippen LogP contribution in [0.1, 0.15) is 39.0 Å². The Hall–Kier alpha value is -2.81. The summed E-state index contributed by atoms with van der Waals surface area (Å²) in [6.45, 7) is 2.04. The van der Waals surface area contributed by atoms with Crippen molar-refractivity contribution in [2.24, 2.45) is 23.7 Å². The number of esters is 1. The van der Waals surface area contributed by atoms with Crippen LogP contribution in [0.25, 0.3) is 0 Å². The van der Waals surface area contributed by atoms with Crippen LogP contribution >= 0.6 is 0 Å². The molecule has 204 valence electrons. The molecule has 0 saturated heterocycles. The molecule has 0 radical (unpaired) electrons. The third-order valence-corrected chi connectivity index (χ3v) is 11.3. The predicted molar refractivity (Wildman–Crippen MR) is 140 cm³/mol. The molecule has 0 heterocycles. The Morgan fingerprint density at radius 3 is 2.10 bits per heavy atom. The van der Waals surface area contributed by atoms with Gasteiger partial charge in [-0.25, -0.2) is 9.18 Å². The van der Waals surface area contributed by atoms with E-state index in [0.717, 1.165) is 19.0 Å². The van der Waals surface area contributed by atoms with Crippen LogP contribution in [0, 0.1) is 36.6 Å². The van der Waals surface area contributed by atoms with Gasteiger partial charge < -0.3 is 18.9 Å². The van der Waals surface area contributed by atoms with Gasteiger partial charge in [-0.2, -0.15) is 0 Å². The minimum absolute atomic E-state index is 0.106. The average molecular weight is 644 g/mol. The summed E-state index contributed by atoms with van der Waals surface area (Å²) in [4.78, 5) is 12.8. The van der Waals surface area contributed by atoms with E-state index in [1.165, 1.54) is 44.2 Å². The van der Waals surface area contributed by atoms with Crippen LogP contribution in [-0.2, 0) is 9.53 Å². The molecule has 4 bridgehead atoms. The Kier molecular flexibility index (Phi) is 7.44. The van der Waals surface area contributed by atoms with Crippen molar-refractivity contribution in [1.29, 1.82) is 0 Å². The quantitative estimate of drug-likeness (QED) is 0.262. The maximum atomic E-state index is 13.3. The lowest BCUT2D eigenvalue weighted by atomic mass is 9.50. The zero-order valence-corrected chi connectivity index (χ0v) is 24.4. The van der Waals surface area contributed by atoms with Crippen molar-refractivity contribution < 1.29 is 49.3 Å². The Labute approximate surface area is 239 Å². The summed E-state index contributed by atoms with van der Waals surface area (Å²) in [5, 5.41) is 0. The molecular formula is C32H33FIO5+. The molecule has 4 fully saturated rings. The van der Waals surface area contributed by atoms with Crippen molar-refractivity contribution in [3.8, 4) is 23.0 Å². The summed E-state index contributed by atoms with van der Waals surface area (Å²) in [5.74, 6) is 4.55. The Morgan fingerprint density at radius 1 is 0.846 bits per heavy atom. The van der Waals surface area contributed by atoms with Crippen molar-refractivity contribution in [3.63, 3.8) is 0 Å². The largest absolute Gasteiger partial charge is 0.493 e. The van der Waals surface area contributed by atoms with Crippen LogP contribution in [0.2, 0.25) is 0 Å². The minimum Gasteiger partial charge on any atom is -0.493 e. The summed E-state index contributed by atoms with van der Waals surface area (Å²) in [5.41, 5.74) is -0.349. The van der Waals surface area contributed by atoms with E-state index >= 15 is 0 Å². The molecule has 4 saturated carbocycles. The van der Waals surface area contributed by atoms with Crippen molar-refractivity contribution >= 4 is 5.97 Å². The number of ether oxygens (including phenoxy) is 4. The van der Waals surface area contributed by atoms with Crippen molar-refractivity contribution in [2.45, 2.75) is 44.6 Å². The normalized spacial score (nSPS) is 26.7. The number of carbonyl (C=O) groups excluding carboxylic acids is 1. The molecule has 39 heavy (non-hydrogen) atoms. The number of halogens is 2. The fourth-order valence-corrected chi connectivity index (χ4v) is 9.08. The van der Waals surface area contributed by atoms with Crippen LogP contribution < -0.4 is 35.4 Å². The summed E-state index contributed by atoms with van der Waals surface area (Å²) in [6, 6.07) is 19.7. The molecule has 0 aromatic heterocycles. The van der Waals surface area contributed by atoms with Crippen LogP contribution in [0.5, 0.6) is 23.0 Å². The average Bonchev–Trinajstić information content (AvgIpc) is 2.93. The van der Waals surface area contributed by atoms with Gasteiger partial charge in [-0.1, -0.05) is 0 Å². The summed E-state index contributed by atoms with van der Waals surface area (Å²) >= 11 is -0.493. The van der Waals surface area contributed by atoms with Crippen molar-refractivity contribution in [3.05, 3.63) is 79.7 Å². The van der Waals surface area contributed by atoms with Gasteiger partial charge in [0.2, 0.25) is 0 Å². The van der Waals surface area contributed by atoms with Gasteiger partial charge in [-0.15, -0.1) is 0 Å². The van der Waals surface area contributed by atoms with Gasteiger partial charge in [0.05, 0.1) is 7.11 Å². The molecule has 0 spiro atoms. The van der Waals surface area contributed by atoms with Gasteiger partial charge in [0, 0.05) is 6.07 Å². The van der Waals surface area contributed by atoms with Crippen molar-refractivity contribution in [1.82, 2.24) is 0 Å². The second-order valence-corrected chi connectivity index (χ2v) is 14.2. The summed E-state index contributed by atoms with van der Waals surface area (Å²) in [7, 11) is 1.61. The van der Waals surface area contributed by atoms with E-state index in [0.29, 0.717) is 34.8 Å². The van der Waals surface area contributed by atoms with Gasteiger partial charge in [-0.05, 0) is 123 Å². The second kappa shape index (κ2) is 11.0. The predicted octanol–water partition coefficient (Wildman–Crippen LogP) is 3.89. The lowest BCUT2D eigenvalue weighted by Gasteiger charge is -2.59. The van der Waals surface area contributed by atoms with E-state index in [2.05, 4.69) is 6.92 Å². The molecule has 0 atom stereocenters. The molecule has 0 unspecified atom stereocenters. The maximum Gasteiger partial charge on any atom is 0.358 e. The highest BCUT2D eigenvalue weighted by molar-refractivity contribution is 5.71. The van der Waals surface area contributed by atoms with E-state index < -0.39 is 21.2 Å². The Bertz CT molecular complexity index is 1300. The number of hydrogen-bond donors (Lipinski definition) is 0. The molecule has 3 aromatic carbocycles. The van der Waals surface area contributed by atoms with E-state index in [-0.39, 0.29) is 24.0 Å². The lowest BCUT2D eigenvalue weighted by molar-refractivity contribution is -0.597. The molecule has 4 aliphatic rings. The fraction of sp³-hybridized carbons (Fsp3) is 0.406. The maximum absolute atomic E-state index is 13.3. The highest BCUT2D eigenvalue weighted by Crippen LogP contribution is 2.59.